The zero-order valence-electron chi connectivity index (χ0n) is 12.7. The van der Waals surface area contributed by atoms with Crippen LogP contribution in [0.3, 0.4) is 0 Å². The van der Waals surface area contributed by atoms with Gasteiger partial charge in [0.25, 0.3) is 0 Å². The second-order valence-corrected chi connectivity index (χ2v) is 6.15. The van der Waals surface area contributed by atoms with Gasteiger partial charge in [0.1, 0.15) is 12.6 Å². The molecule has 2 N–H and O–H groups in total. The van der Waals surface area contributed by atoms with E-state index < -0.39 is 6.10 Å². The topological polar surface area (TPSA) is 40.5 Å². The van der Waals surface area contributed by atoms with E-state index in [9.17, 15) is 5.11 Å². The Bertz CT molecular complexity index is 183. The molecule has 0 heterocycles. The number of aliphatic hydroxyl groups excluding tert-OH is 2. The van der Waals surface area contributed by atoms with Gasteiger partial charge in [-0.15, -0.1) is 0 Å². The van der Waals surface area contributed by atoms with Crippen molar-refractivity contribution < 1.29 is 14.7 Å². The number of quaternary nitrogens is 1. The van der Waals surface area contributed by atoms with E-state index in [2.05, 4.69) is 21.0 Å². The third kappa shape index (κ3) is 11.0. The van der Waals surface area contributed by atoms with Crippen LogP contribution in [-0.2, 0) is 0 Å². The van der Waals surface area contributed by atoms with Crippen LogP contribution in [0.2, 0.25) is 0 Å². The highest BCUT2D eigenvalue weighted by molar-refractivity contribution is 4.51. The first kappa shape index (κ1) is 17.9. The van der Waals surface area contributed by atoms with Gasteiger partial charge in [-0.3, -0.25) is 0 Å². The number of aliphatic hydroxyl groups is 2. The minimum atomic E-state index is -0.575. The second kappa shape index (κ2) is 10.8. The number of hydrogen-bond donors (Lipinski definition) is 2. The quantitative estimate of drug-likeness (QED) is 0.418. The van der Waals surface area contributed by atoms with E-state index in [1.54, 1.807) is 0 Å². The molecule has 3 nitrogen and oxygen atoms in total. The fourth-order valence-corrected chi connectivity index (χ4v) is 2.39. The van der Waals surface area contributed by atoms with Crippen molar-refractivity contribution >= 4 is 0 Å². The van der Waals surface area contributed by atoms with Gasteiger partial charge < -0.3 is 14.7 Å². The number of hydrogen-bond acceptors (Lipinski definition) is 2. The maximum atomic E-state index is 9.45. The van der Waals surface area contributed by atoms with Gasteiger partial charge in [0, 0.05) is 0 Å². The first-order valence-corrected chi connectivity index (χ1v) is 7.62. The van der Waals surface area contributed by atoms with Gasteiger partial charge in [-0.2, -0.15) is 0 Å². The Kier molecular flexibility index (Phi) is 10.7. The van der Waals surface area contributed by atoms with Crippen molar-refractivity contribution in [1.29, 1.82) is 0 Å². The third-order valence-electron chi connectivity index (χ3n) is 3.53. The molecule has 3 heteroatoms. The van der Waals surface area contributed by atoms with Gasteiger partial charge in [0.2, 0.25) is 0 Å². The summed E-state index contributed by atoms with van der Waals surface area (Å²) in [5.41, 5.74) is 0. The summed E-state index contributed by atoms with van der Waals surface area (Å²) >= 11 is 0. The minimum Gasteiger partial charge on any atom is -0.393 e. The Morgan fingerprint density at radius 3 is 1.89 bits per heavy atom. The van der Waals surface area contributed by atoms with Gasteiger partial charge in [0.15, 0.2) is 0 Å². The second-order valence-electron chi connectivity index (χ2n) is 6.15. The lowest BCUT2D eigenvalue weighted by molar-refractivity contribution is -0.893. The monoisotopic (exact) mass is 260 g/mol. The highest BCUT2D eigenvalue weighted by Crippen LogP contribution is 2.10. The molecule has 1 atom stereocenters. The largest absolute Gasteiger partial charge is 0.393 e. The van der Waals surface area contributed by atoms with E-state index in [1.165, 1.54) is 51.4 Å². The lowest BCUT2D eigenvalue weighted by Crippen LogP contribution is -2.46. The zero-order valence-corrected chi connectivity index (χ0v) is 12.7. The molecular weight excluding hydrogens is 226 g/mol. The van der Waals surface area contributed by atoms with E-state index in [4.69, 9.17) is 5.11 Å². The summed E-state index contributed by atoms with van der Waals surface area (Å²) in [6, 6.07) is 0. The van der Waals surface area contributed by atoms with Crippen LogP contribution in [0, 0.1) is 0 Å². The molecule has 0 aromatic heterocycles. The van der Waals surface area contributed by atoms with Gasteiger partial charge >= 0.3 is 0 Å². The van der Waals surface area contributed by atoms with Crippen molar-refractivity contribution in [3.8, 4) is 0 Å². The fraction of sp³-hybridized carbons (Fsp3) is 1.00. The maximum Gasteiger partial charge on any atom is 0.126 e. The molecule has 0 rings (SSSR count). The van der Waals surface area contributed by atoms with Gasteiger partial charge in [-0.05, 0) is 12.8 Å². The van der Waals surface area contributed by atoms with Crippen LogP contribution in [0.15, 0.2) is 0 Å². The van der Waals surface area contributed by atoms with Crippen molar-refractivity contribution in [2.24, 2.45) is 0 Å². The van der Waals surface area contributed by atoms with Crippen molar-refractivity contribution in [3.63, 3.8) is 0 Å². The number of nitrogens with zero attached hydrogens (tertiary/aromatic N) is 1. The van der Waals surface area contributed by atoms with Crippen LogP contribution >= 0.6 is 0 Å². The Hall–Kier alpha value is -0.120. The molecule has 0 amide bonds. The average Bonchev–Trinajstić information content (AvgIpc) is 2.31. The first-order valence-electron chi connectivity index (χ1n) is 7.62. The molecule has 0 spiro atoms. The van der Waals surface area contributed by atoms with Crippen LogP contribution in [0.5, 0.6) is 0 Å². The van der Waals surface area contributed by atoms with Crippen LogP contribution in [0.4, 0.5) is 0 Å². The molecule has 0 radical (unpaired) electrons. The van der Waals surface area contributed by atoms with Crippen LogP contribution in [0.25, 0.3) is 0 Å². The van der Waals surface area contributed by atoms with E-state index in [1.807, 2.05) is 0 Å². The Morgan fingerprint density at radius 1 is 0.889 bits per heavy atom. The van der Waals surface area contributed by atoms with Gasteiger partial charge in [-0.25, -0.2) is 0 Å². The molecule has 110 valence electrons. The Labute approximate surface area is 113 Å². The van der Waals surface area contributed by atoms with Crippen molar-refractivity contribution in [3.05, 3.63) is 0 Å². The molecule has 0 aromatic rings. The van der Waals surface area contributed by atoms with Crippen LogP contribution in [-0.4, -0.2) is 54.6 Å². The standard InChI is InChI=1S/C15H34NO2/c1-4-5-6-7-8-9-10-11-12-16(2,3)13-15(18)14-17/h15,17-18H,4-14H2,1-3H3/q+1/t15-/m0/s1. The van der Waals surface area contributed by atoms with E-state index in [0.29, 0.717) is 6.54 Å². The van der Waals surface area contributed by atoms with E-state index in [-0.39, 0.29) is 6.61 Å². The molecule has 0 saturated heterocycles. The normalized spacial score (nSPS) is 13.8. The lowest BCUT2D eigenvalue weighted by Gasteiger charge is -2.31. The fourth-order valence-electron chi connectivity index (χ4n) is 2.39. The predicted octanol–water partition coefficient (Wildman–Crippen LogP) is 2.56. The van der Waals surface area contributed by atoms with Crippen molar-refractivity contribution in [2.75, 3.05) is 33.8 Å². The summed E-state index contributed by atoms with van der Waals surface area (Å²) in [6.07, 6.45) is 10.1. The van der Waals surface area contributed by atoms with Gasteiger partial charge in [-0.1, -0.05) is 45.4 Å². The molecule has 0 aliphatic heterocycles. The summed E-state index contributed by atoms with van der Waals surface area (Å²) < 4.78 is 0.803. The average molecular weight is 260 g/mol. The molecule has 0 unspecified atom stereocenters. The molecule has 0 bridgehead atoms. The highest BCUT2D eigenvalue weighted by Gasteiger charge is 2.19. The molecule has 0 aliphatic rings. The first-order chi connectivity index (χ1) is 8.52. The summed E-state index contributed by atoms with van der Waals surface area (Å²) in [5, 5.41) is 18.3. The Morgan fingerprint density at radius 2 is 1.39 bits per heavy atom. The van der Waals surface area contributed by atoms with Crippen molar-refractivity contribution in [2.45, 2.75) is 64.4 Å². The number of unbranched alkanes of at least 4 members (excludes halogenated alkanes) is 7. The highest BCUT2D eigenvalue weighted by atomic mass is 16.3. The van der Waals surface area contributed by atoms with Crippen molar-refractivity contribution in [1.82, 2.24) is 0 Å². The molecular formula is C15H34NO2+. The maximum absolute atomic E-state index is 9.45. The smallest absolute Gasteiger partial charge is 0.126 e. The summed E-state index contributed by atoms with van der Waals surface area (Å²) in [4.78, 5) is 0. The SMILES string of the molecule is CCCCCCCCCC[N+](C)(C)C[C@H](O)CO. The predicted molar refractivity (Wildman–Crippen MR) is 77.5 cm³/mol. The molecule has 0 aromatic carbocycles. The summed E-state index contributed by atoms with van der Waals surface area (Å²) in [7, 11) is 4.25. The summed E-state index contributed by atoms with van der Waals surface area (Å²) in [6.45, 7) is 3.86. The molecule has 0 saturated carbocycles. The van der Waals surface area contributed by atoms with Gasteiger partial charge in [0.05, 0.1) is 27.2 Å². The summed E-state index contributed by atoms with van der Waals surface area (Å²) in [5.74, 6) is 0. The van der Waals surface area contributed by atoms with Crippen LogP contribution < -0.4 is 0 Å². The zero-order chi connectivity index (χ0) is 13.9. The van der Waals surface area contributed by atoms with E-state index >= 15 is 0 Å². The van der Waals surface area contributed by atoms with E-state index in [0.717, 1.165) is 11.0 Å². The lowest BCUT2D eigenvalue weighted by atomic mass is 10.1. The number of likely N-dealkylation sites (N-methyl/N-ethyl adjacent to an activating group) is 1. The molecule has 0 aliphatic carbocycles. The molecule has 18 heavy (non-hydrogen) atoms. The minimum absolute atomic E-state index is 0.126. The molecule has 0 fully saturated rings. The Balaban J connectivity index is 3.41. The third-order valence-corrected chi connectivity index (χ3v) is 3.53. The van der Waals surface area contributed by atoms with Crippen LogP contribution in [0.1, 0.15) is 58.3 Å². The number of rotatable bonds is 12.